The maximum absolute atomic E-state index is 12.9. The molecule has 2 fully saturated rings. The summed E-state index contributed by atoms with van der Waals surface area (Å²) in [6.07, 6.45) is 0. The van der Waals surface area contributed by atoms with E-state index >= 15 is 0 Å². The third kappa shape index (κ3) is 6.16. The van der Waals surface area contributed by atoms with Crippen molar-refractivity contribution < 1.29 is 14.3 Å². The molecule has 1 aromatic carbocycles. The number of nitrogens with one attached hydrogen (secondary N) is 1. The van der Waals surface area contributed by atoms with Gasteiger partial charge in [-0.3, -0.25) is 19.4 Å². The van der Waals surface area contributed by atoms with Crippen LogP contribution in [0.1, 0.15) is 22.0 Å². The minimum absolute atomic E-state index is 0.0112. The van der Waals surface area contributed by atoms with E-state index in [1.807, 2.05) is 16.3 Å². The molecule has 1 N–H and O–H groups in total. The SMILES string of the molecule is Cc1ccc(C(NC(=O)CN2CCN(C(=O)CN3CCOCC3)CC2)c2cccs2)cc1. The standard InChI is InChI=1S/C24H32N4O3S/c1-19-4-6-20(7-5-19)24(21-3-2-16-32-21)25-22(29)17-26-8-10-28(11-9-26)23(30)18-27-12-14-31-15-13-27/h2-7,16,24H,8-15,17-18H2,1H3,(H,25,29). The first kappa shape index (κ1) is 22.9. The van der Waals surface area contributed by atoms with Gasteiger partial charge in [-0.15, -0.1) is 11.3 Å². The van der Waals surface area contributed by atoms with Gasteiger partial charge in [0, 0.05) is 44.1 Å². The summed E-state index contributed by atoms with van der Waals surface area (Å²) in [5.74, 6) is 0.185. The molecular weight excluding hydrogens is 424 g/mol. The van der Waals surface area contributed by atoms with Crippen LogP contribution in [0.25, 0.3) is 0 Å². The number of hydrogen-bond donors (Lipinski definition) is 1. The average Bonchev–Trinajstić information content (AvgIpc) is 3.34. The summed E-state index contributed by atoms with van der Waals surface area (Å²) in [5.41, 5.74) is 2.29. The molecule has 1 unspecified atom stereocenters. The molecule has 0 spiro atoms. The van der Waals surface area contributed by atoms with Crippen molar-refractivity contribution in [2.75, 3.05) is 65.6 Å². The lowest BCUT2D eigenvalue weighted by atomic mass is 10.0. The van der Waals surface area contributed by atoms with Gasteiger partial charge in [-0.05, 0) is 23.9 Å². The largest absolute Gasteiger partial charge is 0.379 e. The molecule has 3 heterocycles. The summed E-state index contributed by atoms with van der Waals surface area (Å²) in [6, 6.07) is 12.3. The molecule has 2 aromatic rings. The predicted molar refractivity (Wildman–Crippen MR) is 126 cm³/mol. The molecule has 2 amide bonds. The van der Waals surface area contributed by atoms with Gasteiger partial charge in [-0.2, -0.15) is 0 Å². The Kier molecular flexibility index (Phi) is 7.91. The van der Waals surface area contributed by atoms with Gasteiger partial charge >= 0.3 is 0 Å². The number of ether oxygens (including phenoxy) is 1. The number of benzene rings is 1. The molecule has 1 aromatic heterocycles. The average molecular weight is 457 g/mol. The molecule has 0 bridgehead atoms. The number of morpholine rings is 1. The Morgan fingerprint density at radius 3 is 2.31 bits per heavy atom. The Balaban J connectivity index is 1.27. The van der Waals surface area contributed by atoms with E-state index in [1.165, 1.54) is 5.56 Å². The van der Waals surface area contributed by atoms with Crippen LogP contribution in [0, 0.1) is 6.92 Å². The van der Waals surface area contributed by atoms with Gasteiger partial charge in [0.2, 0.25) is 11.8 Å². The third-order valence-corrected chi connectivity index (χ3v) is 7.04. The maximum atomic E-state index is 12.9. The Morgan fingerprint density at radius 1 is 0.969 bits per heavy atom. The number of amides is 2. The highest BCUT2D eigenvalue weighted by atomic mass is 32.1. The van der Waals surface area contributed by atoms with E-state index in [2.05, 4.69) is 52.4 Å². The van der Waals surface area contributed by atoms with Gasteiger partial charge < -0.3 is 15.0 Å². The molecule has 7 nitrogen and oxygen atoms in total. The molecule has 2 saturated heterocycles. The minimum atomic E-state index is -0.139. The zero-order valence-corrected chi connectivity index (χ0v) is 19.5. The van der Waals surface area contributed by atoms with E-state index in [1.54, 1.807) is 11.3 Å². The molecule has 2 aliphatic heterocycles. The van der Waals surface area contributed by atoms with Gasteiger partial charge in [0.25, 0.3) is 0 Å². The van der Waals surface area contributed by atoms with Crippen LogP contribution in [-0.2, 0) is 14.3 Å². The fourth-order valence-corrected chi connectivity index (χ4v) is 4.95. The van der Waals surface area contributed by atoms with Crippen molar-refractivity contribution in [1.82, 2.24) is 20.0 Å². The fraction of sp³-hybridized carbons (Fsp3) is 0.500. The zero-order valence-electron chi connectivity index (χ0n) is 18.7. The highest BCUT2D eigenvalue weighted by Crippen LogP contribution is 2.26. The van der Waals surface area contributed by atoms with E-state index in [0.717, 1.165) is 36.6 Å². The first-order valence-electron chi connectivity index (χ1n) is 11.3. The maximum Gasteiger partial charge on any atom is 0.236 e. The smallest absolute Gasteiger partial charge is 0.236 e. The summed E-state index contributed by atoms with van der Waals surface area (Å²) in [6.45, 7) is 8.68. The summed E-state index contributed by atoms with van der Waals surface area (Å²) < 4.78 is 5.35. The first-order chi connectivity index (χ1) is 15.6. The lowest BCUT2D eigenvalue weighted by Crippen LogP contribution is -2.53. The van der Waals surface area contributed by atoms with Crippen LogP contribution in [-0.4, -0.2) is 92.1 Å². The summed E-state index contributed by atoms with van der Waals surface area (Å²) in [5, 5.41) is 5.26. The molecule has 32 heavy (non-hydrogen) atoms. The molecule has 2 aliphatic rings. The number of carbonyl (C=O) groups is 2. The van der Waals surface area contributed by atoms with Crippen LogP contribution < -0.4 is 5.32 Å². The minimum Gasteiger partial charge on any atom is -0.379 e. The van der Waals surface area contributed by atoms with Crippen molar-refractivity contribution >= 4 is 23.2 Å². The van der Waals surface area contributed by atoms with Crippen LogP contribution in [0.5, 0.6) is 0 Å². The van der Waals surface area contributed by atoms with E-state index in [9.17, 15) is 9.59 Å². The lowest BCUT2D eigenvalue weighted by molar-refractivity contribution is -0.135. The molecule has 1 atom stereocenters. The van der Waals surface area contributed by atoms with Crippen LogP contribution in [0.2, 0.25) is 0 Å². The number of thiophene rings is 1. The topological polar surface area (TPSA) is 65.1 Å². The molecule has 8 heteroatoms. The van der Waals surface area contributed by atoms with Crippen molar-refractivity contribution in [2.45, 2.75) is 13.0 Å². The van der Waals surface area contributed by atoms with Crippen molar-refractivity contribution in [3.05, 3.63) is 57.8 Å². The van der Waals surface area contributed by atoms with Crippen molar-refractivity contribution in [2.24, 2.45) is 0 Å². The van der Waals surface area contributed by atoms with E-state index in [-0.39, 0.29) is 17.9 Å². The monoisotopic (exact) mass is 456 g/mol. The van der Waals surface area contributed by atoms with Gasteiger partial charge in [0.15, 0.2) is 0 Å². The van der Waals surface area contributed by atoms with Gasteiger partial charge in [0.05, 0.1) is 32.3 Å². The highest BCUT2D eigenvalue weighted by Gasteiger charge is 2.25. The Labute approximate surface area is 193 Å². The van der Waals surface area contributed by atoms with Crippen molar-refractivity contribution in [1.29, 1.82) is 0 Å². The van der Waals surface area contributed by atoms with Crippen LogP contribution in [0.15, 0.2) is 41.8 Å². The van der Waals surface area contributed by atoms with Crippen LogP contribution in [0.4, 0.5) is 0 Å². The number of rotatable bonds is 7. The van der Waals surface area contributed by atoms with Gasteiger partial charge in [-0.1, -0.05) is 35.9 Å². The van der Waals surface area contributed by atoms with E-state index in [4.69, 9.17) is 4.74 Å². The fourth-order valence-electron chi connectivity index (χ4n) is 4.15. The molecule has 0 saturated carbocycles. The second kappa shape index (κ2) is 11.0. The number of nitrogens with zero attached hydrogens (tertiary/aromatic N) is 3. The van der Waals surface area contributed by atoms with Gasteiger partial charge in [-0.25, -0.2) is 0 Å². The van der Waals surface area contributed by atoms with Crippen molar-refractivity contribution in [3.8, 4) is 0 Å². The lowest BCUT2D eigenvalue weighted by Gasteiger charge is -2.36. The molecule has 172 valence electrons. The van der Waals surface area contributed by atoms with Crippen molar-refractivity contribution in [3.63, 3.8) is 0 Å². The Morgan fingerprint density at radius 2 is 1.66 bits per heavy atom. The summed E-state index contributed by atoms with van der Waals surface area (Å²) >= 11 is 1.65. The molecule has 0 radical (unpaired) electrons. The molecule has 4 rings (SSSR count). The predicted octanol–water partition coefficient (Wildman–Crippen LogP) is 1.74. The number of carbonyl (C=O) groups excluding carboxylic acids is 2. The Hall–Kier alpha value is -2.26. The summed E-state index contributed by atoms with van der Waals surface area (Å²) in [4.78, 5) is 32.8. The Bertz CT molecular complexity index is 873. The van der Waals surface area contributed by atoms with Crippen LogP contribution in [0.3, 0.4) is 0 Å². The molecular formula is C24H32N4O3S. The normalized spacial score (nSPS) is 19.0. The number of piperazine rings is 1. The summed E-state index contributed by atoms with van der Waals surface area (Å²) in [7, 11) is 0. The second-order valence-electron chi connectivity index (χ2n) is 8.47. The third-order valence-electron chi connectivity index (χ3n) is 6.10. The van der Waals surface area contributed by atoms with E-state index < -0.39 is 0 Å². The second-order valence-corrected chi connectivity index (χ2v) is 9.45. The van der Waals surface area contributed by atoms with E-state index in [0.29, 0.717) is 39.4 Å². The molecule has 0 aliphatic carbocycles. The number of hydrogen-bond acceptors (Lipinski definition) is 6. The van der Waals surface area contributed by atoms with Gasteiger partial charge in [0.1, 0.15) is 0 Å². The quantitative estimate of drug-likeness (QED) is 0.688. The first-order valence-corrected chi connectivity index (χ1v) is 12.2. The van der Waals surface area contributed by atoms with Crippen LogP contribution >= 0.6 is 11.3 Å². The number of aryl methyl sites for hydroxylation is 1. The zero-order chi connectivity index (χ0) is 22.3. The highest BCUT2D eigenvalue weighted by molar-refractivity contribution is 7.10.